The third-order valence-electron chi connectivity index (χ3n) is 11.9. The van der Waals surface area contributed by atoms with Gasteiger partial charge in [0.2, 0.25) is 0 Å². The van der Waals surface area contributed by atoms with Gasteiger partial charge in [-0.2, -0.15) is 0 Å². The van der Waals surface area contributed by atoms with Gasteiger partial charge in [0.1, 0.15) is 0 Å². The second-order valence-corrected chi connectivity index (χ2v) is 15.8. The van der Waals surface area contributed by atoms with Crippen LogP contribution in [0, 0.1) is 11.3 Å². The zero-order chi connectivity index (χ0) is 28.3. The van der Waals surface area contributed by atoms with E-state index in [1.807, 2.05) is 0 Å². The van der Waals surface area contributed by atoms with Crippen LogP contribution in [-0.2, 0) is 0 Å². The molecule has 0 aliphatic carbocycles. The molecule has 0 unspecified atom stereocenters. The average molecular weight is 559 g/mol. The van der Waals surface area contributed by atoms with E-state index in [-0.39, 0.29) is 0 Å². The second kappa shape index (κ2) is 13.6. The smallest absolute Gasteiger partial charge is 0.0463 e. The number of nitrogens with one attached hydrogen (secondary N) is 1. The van der Waals surface area contributed by atoms with E-state index in [9.17, 15) is 0 Å². The summed E-state index contributed by atoms with van der Waals surface area (Å²) in [6.07, 6.45) is 12.8. The van der Waals surface area contributed by atoms with Gasteiger partial charge >= 0.3 is 0 Å². The Hall–Kier alpha value is -0.240. The molecule has 6 nitrogen and oxygen atoms in total. The van der Waals surface area contributed by atoms with Gasteiger partial charge in [-0.05, 0) is 138 Å². The molecular formula is C34H66N6. The fourth-order valence-electron chi connectivity index (χ4n) is 9.00. The van der Waals surface area contributed by atoms with Crippen LogP contribution in [0.3, 0.4) is 0 Å². The Balaban J connectivity index is 0.000000164. The van der Waals surface area contributed by atoms with E-state index in [0.717, 1.165) is 30.1 Å². The van der Waals surface area contributed by atoms with Gasteiger partial charge in [-0.15, -0.1) is 0 Å². The highest BCUT2D eigenvalue weighted by Crippen LogP contribution is 2.41. The van der Waals surface area contributed by atoms with Gasteiger partial charge in [0.25, 0.3) is 0 Å². The number of likely N-dealkylation sites (tertiary alicyclic amines) is 5. The lowest BCUT2D eigenvalue weighted by atomic mass is 9.72. The summed E-state index contributed by atoms with van der Waals surface area (Å²) >= 11 is 0. The lowest BCUT2D eigenvalue weighted by Crippen LogP contribution is -2.73. The van der Waals surface area contributed by atoms with Crippen molar-refractivity contribution in [3.05, 3.63) is 0 Å². The van der Waals surface area contributed by atoms with Crippen molar-refractivity contribution in [3.63, 3.8) is 0 Å². The molecule has 0 bridgehead atoms. The monoisotopic (exact) mass is 559 g/mol. The minimum absolute atomic E-state index is 0.553. The molecule has 6 rings (SSSR count). The van der Waals surface area contributed by atoms with E-state index in [1.165, 1.54) is 136 Å². The minimum Gasteiger partial charge on any atom is -0.317 e. The molecule has 6 heteroatoms. The first-order valence-electron chi connectivity index (χ1n) is 17.6. The molecule has 0 amide bonds. The van der Waals surface area contributed by atoms with Crippen LogP contribution in [-0.4, -0.2) is 133 Å². The lowest BCUT2D eigenvalue weighted by molar-refractivity contribution is -0.0976. The Morgan fingerprint density at radius 3 is 1.88 bits per heavy atom. The molecule has 6 saturated heterocycles. The van der Waals surface area contributed by atoms with Crippen molar-refractivity contribution in [2.75, 3.05) is 78.5 Å². The molecule has 6 heterocycles. The van der Waals surface area contributed by atoms with Gasteiger partial charge in [0.05, 0.1) is 0 Å². The topological polar surface area (TPSA) is 28.2 Å². The third kappa shape index (κ3) is 7.27. The van der Waals surface area contributed by atoms with Gasteiger partial charge in [-0.25, -0.2) is 0 Å². The average Bonchev–Trinajstić information content (AvgIpc) is 2.92. The Labute approximate surface area is 248 Å². The number of piperidine rings is 4. The van der Waals surface area contributed by atoms with E-state index < -0.39 is 0 Å². The molecule has 0 aromatic carbocycles. The fourth-order valence-corrected chi connectivity index (χ4v) is 9.00. The standard InChI is InChI=1S/C19H37N3.C15H29N3/c1-16(2)20-11-7-18(8-12-20)13-22-10-6-5-9-19(22)14-21(15-19)17(3)4;1-13(2)18-11-15(12-18)6-3-9-17(10-15)14-4-7-16-8-5-14/h16-18H,5-15H2,1-4H3;13-14,16H,3-12H2,1-2H3. The van der Waals surface area contributed by atoms with Gasteiger partial charge in [-0.1, -0.05) is 6.42 Å². The molecule has 0 aromatic heterocycles. The summed E-state index contributed by atoms with van der Waals surface area (Å²) in [6, 6.07) is 3.07. The molecule has 232 valence electrons. The van der Waals surface area contributed by atoms with Crippen LogP contribution in [0.25, 0.3) is 0 Å². The SMILES string of the molecule is CC(C)N1CC2(CCCN(C3CCNCC3)C2)C1.CC(C)N1CCC(CN2CCCCC23CN(C(C)C)C3)CC1. The zero-order valence-electron chi connectivity index (χ0n) is 27.5. The van der Waals surface area contributed by atoms with E-state index >= 15 is 0 Å². The van der Waals surface area contributed by atoms with Crippen molar-refractivity contribution < 1.29 is 0 Å². The summed E-state index contributed by atoms with van der Waals surface area (Å²) in [7, 11) is 0. The highest BCUT2D eigenvalue weighted by Gasteiger charge is 2.49. The third-order valence-corrected chi connectivity index (χ3v) is 11.9. The molecule has 1 N–H and O–H groups in total. The van der Waals surface area contributed by atoms with Gasteiger partial charge in [0, 0.05) is 74.4 Å². The number of hydrogen-bond acceptors (Lipinski definition) is 6. The van der Waals surface area contributed by atoms with Crippen LogP contribution >= 0.6 is 0 Å². The molecular weight excluding hydrogens is 492 g/mol. The van der Waals surface area contributed by atoms with Crippen molar-refractivity contribution in [2.24, 2.45) is 11.3 Å². The lowest BCUT2D eigenvalue weighted by Gasteiger charge is -2.60. The van der Waals surface area contributed by atoms with E-state index in [2.05, 4.69) is 71.4 Å². The summed E-state index contributed by atoms with van der Waals surface area (Å²) in [5.74, 6) is 0.943. The maximum Gasteiger partial charge on any atom is 0.0463 e. The second-order valence-electron chi connectivity index (χ2n) is 15.8. The first kappa shape index (κ1) is 31.2. The molecule has 6 fully saturated rings. The Morgan fingerprint density at radius 1 is 0.625 bits per heavy atom. The first-order chi connectivity index (χ1) is 19.2. The summed E-state index contributed by atoms with van der Waals surface area (Å²) in [5.41, 5.74) is 1.21. The maximum absolute atomic E-state index is 3.49. The van der Waals surface area contributed by atoms with Crippen molar-refractivity contribution in [3.8, 4) is 0 Å². The molecule has 2 spiro atoms. The molecule has 0 radical (unpaired) electrons. The van der Waals surface area contributed by atoms with E-state index in [1.54, 1.807) is 0 Å². The number of hydrogen-bond donors (Lipinski definition) is 1. The van der Waals surface area contributed by atoms with Gasteiger partial charge < -0.3 is 10.2 Å². The number of rotatable bonds is 6. The van der Waals surface area contributed by atoms with Crippen LogP contribution in [0.2, 0.25) is 0 Å². The predicted octanol–water partition coefficient (Wildman–Crippen LogP) is 4.60. The first-order valence-corrected chi connectivity index (χ1v) is 17.6. The predicted molar refractivity (Wildman–Crippen MR) is 170 cm³/mol. The molecule has 0 atom stereocenters. The molecule has 0 aromatic rings. The van der Waals surface area contributed by atoms with Crippen molar-refractivity contribution in [1.82, 2.24) is 29.8 Å². The van der Waals surface area contributed by atoms with Crippen molar-refractivity contribution >= 4 is 0 Å². The van der Waals surface area contributed by atoms with Crippen LogP contribution in [0.15, 0.2) is 0 Å². The van der Waals surface area contributed by atoms with E-state index in [0.29, 0.717) is 11.0 Å². The summed E-state index contributed by atoms with van der Waals surface area (Å²) in [4.78, 5) is 13.7. The molecule has 40 heavy (non-hydrogen) atoms. The van der Waals surface area contributed by atoms with Crippen molar-refractivity contribution in [2.45, 2.75) is 129 Å². The Kier molecular flexibility index (Phi) is 10.6. The largest absolute Gasteiger partial charge is 0.317 e. The molecule has 6 aliphatic rings. The molecule has 0 saturated carbocycles. The van der Waals surface area contributed by atoms with Crippen LogP contribution in [0.5, 0.6) is 0 Å². The highest BCUT2D eigenvalue weighted by molar-refractivity contribution is 5.07. The highest BCUT2D eigenvalue weighted by atomic mass is 15.4. The normalized spacial score (nSPS) is 29.6. The van der Waals surface area contributed by atoms with Crippen LogP contribution in [0.1, 0.15) is 99.3 Å². The summed E-state index contributed by atoms with van der Waals surface area (Å²) < 4.78 is 0. The number of nitrogens with zero attached hydrogens (tertiary/aromatic N) is 5. The summed E-state index contributed by atoms with van der Waals surface area (Å²) in [6.45, 7) is 30.0. The van der Waals surface area contributed by atoms with Gasteiger partial charge in [-0.3, -0.25) is 19.6 Å². The Bertz CT molecular complexity index is 756. The van der Waals surface area contributed by atoms with Crippen LogP contribution < -0.4 is 5.32 Å². The van der Waals surface area contributed by atoms with E-state index in [4.69, 9.17) is 0 Å². The fraction of sp³-hybridized carbons (Fsp3) is 1.00. The Morgan fingerprint density at radius 2 is 1.25 bits per heavy atom. The van der Waals surface area contributed by atoms with Crippen LogP contribution in [0.4, 0.5) is 0 Å². The minimum atomic E-state index is 0.553. The quantitative estimate of drug-likeness (QED) is 0.512. The molecule has 6 aliphatic heterocycles. The summed E-state index contributed by atoms with van der Waals surface area (Å²) in [5, 5.41) is 3.49. The maximum atomic E-state index is 3.49. The van der Waals surface area contributed by atoms with Gasteiger partial charge in [0.15, 0.2) is 0 Å². The zero-order valence-corrected chi connectivity index (χ0v) is 27.5. The van der Waals surface area contributed by atoms with Crippen molar-refractivity contribution in [1.29, 1.82) is 0 Å².